The molecule has 3 fully saturated rings. The normalized spacial score (nSPS) is 30.9. The largest absolute Gasteiger partial charge is 0.384 e. The highest BCUT2D eigenvalue weighted by molar-refractivity contribution is 5.84. The first-order valence-electron chi connectivity index (χ1n) is 11.2. The van der Waals surface area contributed by atoms with Crippen LogP contribution in [0.1, 0.15) is 57.4 Å². The number of methoxy groups -OCH3 is 1. The van der Waals surface area contributed by atoms with Crippen molar-refractivity contribution in [2.75, 3.05) is 26.8 Å². The SMILES string of the molecule is CCCN1[C@H]2CC[C@@H]1[C@](Cc1ccccc1)(C(=O)NCC1(COC)CCC1)C2. The van der Waals surface area contributed by atoms with Crippen molar-refractivity contribution in [1.29, 1.82) is 0 Å². The lowest BCUT2D eigenvalue weighted by atomic mass is 9.67. The summed E-state index contributed by atoms with van der Waals surface area (Å²) in [6, 6.07) is 11.6. The van der Waals surface area contributed by atoms with Crippen molar-refractivity contribution >= 4 is 5.91 Å². The Morgan fingerprint density at radius 3 is 2.68 bits per heavy atom. The van der Waals surface area contributed by atoms with Gasteiger partial charge in [0.05, 0.1) is 12.0 Å². The number of hydrogen-bond donors (Lipinski definition) is 1. The number of nitrogens with zero attached hydrogens (tertiary/aromatic N) is 1. The zero-order valence-corrected chi connectivity index (χ0v) is 17.6. The van der Waals surface area contributed by atoms with Gasteiger partial charge in [0.15, 0.2) is 0 Å². The molecule has 2 aliphatic heterocycles. The predicted molar refractivity (Wildman–Crippen MR) is 112 cm³/mol. The molecular weight excluding hydrogens is 348 g/mol. The van der Waals surface area contributed by atoms with Crippen LogP contribution in [0.3, 0.4) is 0 Å². The molecule has 1 aliphatic carbocycles. The van der Waals surface area contributed by atoms with E-state index in [4.69, 9.17) is 4.74 Å². The molecule has 2 bridgehead atoms. The molecule has 4 rings (SSSR count). The Balaban J connectivity index is 1.54. The first kappa shape index (κ1) is 19.9. The number of amides is 1. The van der Waals surface area contributed by atoms with Gasteiger partial charge in [-0.15, -0.1) is 0 Å². The molecule has 4 heteroatoms. The number of ether oxygens (including phenoxy) is 1. The van der Waals surface area contributed by atoms with Crippen LogP contribution in [0, 0.1) is 10.8 Å². The maximum Gasteiger partial charge on any atom is 0.228 e. The molecule has 1 aromatic carbocycles. The number of carbonyl (C=O) groups is 1. The van der Waals surface area contributed by atoms with Crippen LogP contribution in [-0.4, -0.2) is 49.7 Å². The van der Waals surface area contributed by atoms with Crippen LogP contribution in [0.25, 0.3) is 0 Å². The fourth-order valence-electron chi connectivity index (χ4n) is 6.18. The molecule has 0 unspecified atom stereocenters. The van der Waals surface area contributed by atoms with Crippen LogP contribution >= 0.6 is 0 Å². The van der Waals surface area contributed by atoms with Gasteiger partial charge in [0.2, 0.25) is 5.91 Å². The molecule has 0 radical (unpaired) electrons. The Hall–Kier alpha value is -1.39. The second-order valence-electron chi connectivity index (χ2n) is 9.48. The molecule has 28 heavy (non-hydrogen) atoms. The highest BCUT2D eigenvalue weighted by atomic mass is 16.5. The van der Waals surface area contributed by atoms with Crippen LogP contribution in [-0.2, 0) is 16.0 Å². The fraction of sp³-hybridized carbons (Fsp3) is 0.708. The monoisotopic (exact) mass is 384 g/mol. The topological polar surface area (TPSA) is 41.6 Å². The summed E-state index contributed by atoms with van der Waals surface area (Å²) in [7, 11) is 1.78. The number of fused-ring (bicyclic) bond motifs is 2. The van der Waals surface area contributed by atoms with Gasteiger partial charge in [0.1, 0.15) is 0 Å². The van der Waals surface area contributed by atoms with E-state index in [1.165, 1.54) is 31.2 Å². The summed E-state index contributed by atoms with van der Waals surface area (Å²) in [5.41, 5.74) is 1.17. The van der Waals surface area contributed by atoms with Gasteiger partial charge in [-0.25, -0.2) is 0 Å². The molecule has 1 N–H and O–H groups in total. The summed E-state index contributed by atoms with van der Waals surface area (Å²) >= 11 is 0. The molecule has 2 saturated heterocycles. The van der Waals surface area contributed by atoms with Crippen molar-refractivity contribution < 1.29 is 9.53 Å². The molecule has 0 aromatic heterocycles. The number of nitrogens with one attached hydrogen (secondary N) is 1. The molecule has 2 heterocycles. The van der Waals surface area contributed by atoms with E-state index in [2.05, 4.69) is 47.5 Å². The van der Waals surface area contributed by atoms with Gasteiger partial charge in [-0.05, 0) is 57.1 Å². The quantitative estimate of drug-likeness (QED) is 0.704. The van der Waals surface area contributed by atoms with Crippen LogP contribution < -0.4 is 5.32 Å². The molecular formula is C24H36N2O2. The minimum Gasteiger partial charge on any atom is -0.384 e. The molecule has 3 aliphatic rings. The predicted octanol–water partition coefficient (Wildman–Crippen LogP) is 3.80. The van der Waals surface area contributed by atoms with E-state index in [-0.39, 0.29) is 16.7 Å². The summed E-state index contributed by atoms with van der Waals surface area (Å²) in [6.07, 6.45) is 9.03. The molecule has 1 saturated carbocycles. The van der Waals surface area contributed by atoms with Crippen molar-refractivity contribution in [2.24, 2.45) is 10.8 Å². The maximum atomic E-state index is 13.7. The van der Waals surface area contributed by atoms with E-state index in [1.54, 1.807) is 7.11 Å². The van der Waals surface area contributed by atoms with E-state index in [9.17, 15) is 4.79 Å². The second kappa shape index (κ2) is 8.16. The van der Waals surface area contributed by atoms with Gasteiger partial charge in [0, 0.05) is 31.2 Å². The van der Waals surface area contributed by atoms with E-state index >= 15 is 0 Å². The first-order chi connectivity index (χ1) is 13.6. The summed E-state index contributed by atoms with van der Waals surface area (Å²) < 4.78 is 5.47. The Morgan fingerprint density at radius 2 is 2.04 bits per heavy atom. The van der Waals surface area contributed by atoms with Gasteiger partial charge in [-0.1, -0.05) is 43.7 Å². The van der Waals surface area contributed by atoms with Crippen molar-refractivity contribution in [3.8, 4) is 0 Å². The fourth-order valence-corrected chi connectivity index (χ4v) is 6.18. The lowest BCUT2D eigenvalue weighted by molar-refractivity contribution is -0.134. The maximum absolute atomic E-state index is 13.7. The zero-order chi connectivity index (χ0) is 19.6. The third-order valence-electron chi connectivity index (χ3n) is 7.67. The van der Waals surface area contributed by atoms with Crippen LogP contribution in [0.4, 0.5) is 0 Å². The number of hydrogen-bond acceptors (Lipinski definition) is 3. The average molecular weight is 385 g/mol. The smallest absolute Gasteiger partial charge is 0.228 e. The summed E-state index contributed by atoms with van der Waals surface area (Å²) in [4.78, 5) is 16.4. The lowest BCUT2D eigenvalue weighted by Gasteiger charge is -2.43. The molecule has 154 valence electrons. The van der Waals surface area contributed by atoms with Crippen LogP contribution in [0.5, 0.6) is 0 Å². The Morgan fingerprint density at radius 1 is 1.25 bits per heavy atom. The Kier molecular flexibility index (Phi) is 5.80. The van der Waals surface area contributed by atoms with E-state index in [1.807, 2.05) is 0 Å². The molecule has 3 atom stereocenters. The minimum atomic E-state index is -0.280. The zero-order valence-electron chi connectivity index (χ0n) is 17.6. The molecule has 1 aromatic rings. The van der Waals surface area contributed by atoms with E-state index in [0.29, 0.717) is 12.1 Å². The number of carbonyl (C=O) groups excluding carboxylic acids is 1. The second-order valence-corrected chi connectivity index (χ2v) is 9.48. The molecule has 0 spiro atoms. The van der Waals surface area contributed by atoms with Crippen LogP contribution in [0.15, 0.2) is 30.3 Å². The lowest BCUT2D eigenvalue weighted by Crippen LogP contribution is -2.54. The third kappa shape index (κ3) is 3.50. The highest BCUT2D eigenvalue weighted by Gasteiger charge is 2.59. The first-order valence-corrected chi connectivity index (χ1v) is 11.2. The Labute approximate surface area is 170 Å². The van der Waals surface area contributed by atoms with Crippen molar-refractivity contribution in [1.82, 2.24) is 10.2 Å². The Bertz CT molecular complexity index is 672. The van der Waals surface area contributed by atoms with Gasteiger partial charge < -0.3 is 10.1 Å². The highest BCUT2D eigenvalue weighted by Crippen LogP contribution is 2.52. The summed E-state index contributed by atoms with van der Waals surface area (Å²) in [5, 5.41) is 3.42. The van der Waals surface area contributed by atoms with Gasteiger partial charge >= 0.3 is 0 Å². The number of benzene rings is 1. The van der Waals surface area contributed by atoms with Gasteiger partial charge in [-0.3, -0.25) is 9.69 Å². The summed E-state index contributed by atoms with van der Waals surface area (Å²) in [5.74, 6) is 0.284. The minimum absolute atomic E-state index is 0.166. The van der Waals surface area contributed by atoms with Crippen molar-refractivity contribution in [2.45, 2.75) is 70.4 Å². The van der Waals surface area contributed by atoms with Gasteiger partial charge in [-0.2, -0.15) is 0 Å². The average Bonchev–Trinajstić information content (AvgIpc) is 3.20. The van der Waals surface area contributed by atoms with E-state index in [0.717, 1.165) is 45.4 Å². The van der Waals surface area contributed by atoms with Crippen molar-refractivity contribution in [3.05, 3.63) is 35.9 Å². The van der Waals surface area contributed by atoms with Gasteiger partial charge in [0.25, 0.3) is 0 Å². The van der Waals surface area contributed by atoms with E-state index < -0.39 is 0 Å². The molecule has 4 nitrogen and oxygen atoms in total. The van der Waals surface area contributed by atoms with Crippen molar-refractivity contribution in [3.63, 3.8) is 0 Å². The van der Waals surface area contributed by atoms with Crippen LogP contribution in [0.2, 0.25) is 0 Å². The number of rotatable bonds is 9. The standard InChI is InChI=1S/C24H36N2O2/c1-3-14-26-20-10-11-21(26)24(16-20,15-19-8-5-4-6-9-19)22(27)25-17-23(18-28-2)12-7-13-23/h4-6,8-9,20-21H,3,7,10-18H2,1-2H3,(H,25,27)/t20-,21+,24+/m0/s1. The summed E-state index contributed by atoms with van der Waals surface area (Å²) in [6.45, 7) is 4.89. The third-order valence-corrected chi connectivity index (χ3v) is 7.67. The molecule has 1 amide bonds.